The van der Waals surface area contributed by atoms with Gasteiger partial charge in [0.05, 0.1) is 17.3 Å². The summed E-state index contributed by atoms with van der Waals surface area (Å²) in [4.78, 5) is 16.8. The Labute approximate surface area is 137 Å². The largest absolute Gasteiger partial charge is 0.497 e. The number of amides is 1. The van der Waals surface area contributed by atoms with Crippen LogP contribution in [0.5, 0.6) is 5.75 Å². The Morgan fingerprint density at radius 1 is 1.30 bits per heavy atom. The summed E-state index contributed by atoms with van der Waals surface area (Å²) in [6, 6.07) is 10.8. The number of carbonyl (C=O) groups excluding carboxylic acids is 1. The maximum absolute atomic E-state index is 12.4. The molecule has 23 heavy (non-hydrogen) atoms. The fourth-order valence-corrected chi connectivity index (χ4v) is 3.19. The highest BCUT2D eigenvalue weighted by molar-refractivity contribution is 7.22. The van der Waals surface area contributed by atoms with Crippen molar-refractivity contribution in [2.24, 2.45) is 5.84 Å². The van der Waals surface area contributed by atoms with Gasteiger partial charge in [-0.3, -0.25) is 10.2 Å². The molecule has 0 aliphatic heterocycles. The van der Waals surface area contributed by atoms with Crippen LogP contribution in [0.1, 0.15) is 15.9 Å². The molecule has 2 aromatic carbocycles. The molecule has 0 saturated heterocycles. The molecule has 0 atom stereocenters. The van der Waals surface area contributed by atoms with Crippen molar-refractivity contribution in [3.8, 4) is 5.75 Å². The van der Waals surface area contributed by atoms with Crippen molar-refractivity contribution in [3.05, 3.63) is 47.5 Å². The summed E-state index contributed by atoms with van der Waals surface area (Å²) in [7, 11) is 1.57. The van der Waals surface area contributed by atoms with E-state index in [2.05, 4.69) is 15.7 Å². The fourth-order valence-electron chi connectivity index (χ4n) is 2.30. The van der Waals surface area contributed by atoms with E-state index in [1.54, 1.807) is 31.4 Å². The van der Waals surface area contributed by atoms with Gasteiger partial charge in [0.1, 0.15) is 5.75 Å². The third-order valence-corrected chi connectivity index (χ3v) is 4.33. The first-order valence-electron chi connectivity index (χ1n) is 6.94. The molecule has 0 saturated carbocycles. The monoisotopic (exact) mass is 328 g/mol. The van der Waals surface area contributed by atoms with E-state index in [4.69, 9.17) is 10.6 Å². The Hall–Kier alpha value is -2.64. The number of nitrogen functional groups attached to an aromatic ring is 1. The number of benzene rings is 2. The number of rotatable bonds is 4. The van der Waals surface area contributed by atoms with Gasteiger partial charge in [0, 0.05) is 11.3 Å². The highest BCUT2D eigenvalue weighted by Gasteiger charge is 2.11. The molecule has 118 valence electrons. The summed E-state index contributed by atoms with van der Waals surface area (Å²) < 4.78 is 6.10. The van der Waals surface area contributed by atoms with E-state index in [0.29, 0.717) is 16.4 Å². The molecule has 6 nitrogen and oxygen atoms in total. The quantitative estimate of drug-likeness (QED) is 0.506. The van der Waals surface area contributed by atoms with Crippen LogP contribution in [0.2, 0.25) is 0 Å². The number of aromatic nitrogens is 1. The van der Waals surface area contributed by atoms with E-state index in [1.165, 1.54) is 11.3 Å². The normalized spacial score (nSPS) is 10.6. The van der Waals surface area contributed by atoms with Crippen LogP contribution in [0.25, 0.3) is 10.2 Å². The minimum Gasteiger partial charge on any atom is -0.497 e. The van der Waals surface area contributed by atoms with E-state index in [0.717, 1.165) is 21.5 Å². The van der Waals surface area contributed by atoms with Gasteiger partial charge in [-0.2, -0.15) is 0 Å². The average Bonchev–Trinajstić information content (AvgIpc) is 2.98. The molecule has 4 N–H and O–H groups in total. The summed E-state index contributed by atoms with van der Waals surface area (Å²) in [5.41, 5.74) is 5.65. The first kappa shape index (κ1) is 15.3. The maximum Gasteiger partial charge on any atom is 0.255 e. The lowest BCUT2D eigenvalue weighted by Gasteiger charge is -2.08. The second-order valence-corrected chi connectivity index (χ2v) is 6.02. The van der Waals surface area contributed by atoms with Crippen LogP contribution in [0.3, 0.4) is 0 Å². The SMILES string of the molecule is COc1cccc(C(=O)Nc2cc(C)c3nc(NN)sc3c2)c1. The molecule has 0 spiro atoms. The Bertz CT molecular complexity index is 876. The second kappa shape index (κ2) is 6.23. The molecule has 1 amide bonds. The number of carbonyl (C=O) groups is 1. The molecule has 0 fully saturated rings. The van der Waals surface area contributed by atoms with E-state index < -0.39 is 0 Å². The Morgan fingerprint density at radius 2 is 2.13 bits per heavy atom. The Balaban J connectivity index is 1.89. The summed E-state index contributed by atoms with van der Waals surface area (Å²) in [5.74, 6) is 5.86. The number of hydrogen-bond donors (Lipinski definition) is 3. The van der Waals surface area contributed by atoms with E-state index in [-0.39, 0.29) is 5.91 Å². The molecule has 0 bridgehead atoms. The summed E-state index contributed by atoms with van der Waals surface area (Å²) >= 11 is 1.44. The highest BCUT2D eigenvalue weighted by atomic mass is 32.1. The lowest BCUT2D eigenvalue weighted by Crippen LogP contribution is -2.12. The number of hydrazine groups is 1. The number of methoxy groups -OCH3 is 1. The highest BCUT2D eigenvalue weighted by Crippen LogP contribution is 2.30. The summed E-state index contributed by atoms with van der Waals surface area (Å²) in [5, 5.41) is 3.54. The standard InChI is InChI=1S/C16H16N4O2S/c1-9-6-11(8-13-14(9)19-16(20-17)23-13)18-15(21)10-4-3-5-12(7-10)22-2/h3-8H,17H2,1-2H3,(H,18,21)(H,19,20). The minimum absolute atomic E-state index is 0.190. The first-order chi connectivity index (χ1) is 11.1. The zero-order valence-electron chi connectivity index (χ0n) is 12.7. The molecule has 7 heteroatoms. The summed E-state index contributed by atoms with van der Waals surface area (Å²) in [6.45, 7) is 1.95. The number of nitrogens with zero attached hydrogens (tertiary/aromatic N) is 1. The maximum atomic E-state index is 12.4. The molecular weight excluding hydrogens is 312 g/mol. The number of ether oxygens (including phenoxy) is 1. The molecule has 3 rings (SSSR count). The van der Waals surface area contributed by atoms with E-state index in [9.17, 15) is 4.79 Å². The average molecular weight is 328 g/mol. The van der Waals surface area contributed by atoms with E-state index in [1.807, 2.05) is 19.1 Å². The van der Waals surface area contributed by atoms with Crippen molar-refractivity contribution < 1.29 is 9.53 Å². The molecule has 1 aromatic heterocycles. The Kier molecular flexibility index (Phi) is 4.14. The van der Waals surface area contributed by atoms with Gasteiger partial charge in [0.25, 0.3) is 5.91 Å². The molecule has 0 radical (unpaired) electrons. The van der Waals surface area contributed by atoms with Crippen molar-refractivity contribution >= 4 is 38.3 Å². The van der Waals surface area contributed by atoms with Gasteiger partial charge in [-0.05, 0) is 42.8 Å². The first-order valence-corrected chi connectivity index (χ1v) is 7.75. The number of aryl methyl sites for hydroxylation is 1. The number of nitrogens with one attached hydrogen (secondary N) is 2. The third kappa shape index (κ3) is 3.10. The van der Waals surface area contributed by atoms with Gasteiger partial charge >= 0.3 is 0 Å². The fraction of sp³-hybridized carbons (Fsp3) is 0.125. The van der Waals surface area contributed by atoms with Gasteiger partial charge in [0.2, 0.25) is 0 Å². The van der Waals surface area contributed by atoms with E-state index >= 15 is 0 Å². The van der Waals surface area contributed by atoms with Crippen LogP contribution >= 0.6 is 11.3 Å². The Morgan fingerprint density at radius 3 is 2.87 bits per heavy atom. The zero-order chi connectivity index (χ0) is 16.4. The number of hydrogen-bond acceptors (Lipinski definition) is 6. The molecule has 3 aromatic rings. The smallest absolute Gasteiger partial charge is 0.255 e. The van der Waals surface area contributed by atoms with Gasteiger partial charge in [-0.1, -0.05) is 17.4 Å². The van der Waals surface area contributed by atoms with Crippen molar-refractivity contribution in [3.63, 3.8) is 0 Å². The lowest BCUT2D eigenvalue weighted by atomic mass is 10.1. The van der Waals surface area contributed by atoms with Crippen LogP contribution in [-0.4, -0.2) is 18.0 Å². The van der Waals surface area contributed by atoms with Crippen molar-refractivity contribution in [2.45, 2.75) is 6.92 Å². The number of fused-ring (bicyclic) bond motifs is 1. The van der Waals surface area contributed by atoms with Crippen LogP contribution in [-0.2, 0) is 0 Å². The van der Waals surface area contributed by atoms with Gasteiger partial charge in [-0.15, -0.1) is 0 Å². The topological polar surface area (TPSA) is 89.3 Å². The van der Waals surface area contributed by atoms with Crippen molar-refractivity contribution in [2.75, 3.05) is 17.9 Å². The van der Waals surface area contributed by atoms with Crippen molar-refractivity contribution in [1.82, 2.24) is 4.98 Å². The molecule has 0 unspecified atom stereocenters. The number of anilines is 2. The number of nitrogens with two attached hydrogens (primary N) is 1. The molecule has 0 aliphatic rings. The van der Waals surface area contributed by atoms with Crippen LogP contribution in [0.15, 0.2) is 36.4 Å². The second-order valence-electron chi connectivity index (χ2n) is 4.99. The predicted molar refractivity (Wildman–Crippen MR) is 93.1 cm³/mol. The van der Waals surface area contributed by atoms with Crippen LogP contribution < -0.4 is 21.3 Å². The predicted octanol–water partition coefficient (Wildman–Crippen LogP) is 3.15. The molecular formula is C16H16N4O2S. The van der Waals surface area contributed by atoms with Gasteiger partial charge in [0.15, 0.2) is 5.13 Å². The zero-order valence-corrected chi connectivity index (χ0v) is 13.5. The molecule has 1 heterocycles. The lowest BCUT2D eigenvalue weighted by molar-refractivity contribution is 0.102. The van der Waals surface area contributed by atoms with Crippen molar-refractivity contribution in [1.29, 1.82) is 0 Å². The summed E-state index contributed by atoms with van der Waals surface area (Å²) in [6.07, 6.45) is 0. The molecule has 0 aliphatic carbocycles. The minimum atomic E-state index is -0.190. The third-order valence-electron chi connectivity index (χ3n) is 3.40. The van der Waals surface area contributed by atoms with Crippen LogP contribution in [0.4, 0.5) is 10.8 Å². The van der Waals surface area contributed by atoms with Crippen LogP contribution in [0, 0.1) is 6.92 Å². The van der Waals surface area contributed by atoms with Gasteiger partial charge in [-0.25, -0.2) is 10.8 Å². The number of thiazole rings is 1. The van der Waals surface area contributed by atoms with Gasteiger partial charge < -0.3 is 10.1 Å².